The second-order valence-corrected chi connectivity index (χ2v) is 6.42. The van der Waals surface area contributed by atoms with Gasteiger partial charge >= 0.3 is 0 Å². The fourth-order valence-electron chi connectivity index (χ4n) is 2.60. The van der Waals surface area contributed by atoms with Gasteiger partial charge in [-0.2, -0.15) is 0 Å². The predicted molar refractivity (Wildman–Crippen MR) is 82.0 cm³/mol. The number of nitrogens with zero attached hydrogens (tertiary/aromatic N) is 1. The summed E-state index contributed by atoms with van der Waals surface area (Å²) in [5, 5.41) is 5.42. The Kier molecular flexibility index (Phi) is 5.57. The first-order chi connectivity index (χ1) is 9.63. The van der Waals surface area contributed by atoms with Crippen molar-refractivity contribution in [3.63, 3.8) is 0 Å². The summed E-state index contributed by atoms with van der Waals surface area (Å²) in [5.41, 5.74) is 0. The highest BCUT2D eigenvalue weighted by Crippen LogP contribution is 2.19. The van der Waals surface area contributed by atoms with Gasteiger partial charge in [0, 0.05) is 30.4 Å². The molecule has 0 saturated carbocycles. The molecule has 4 nitrogen and oxygen atoms in total. The van der Waals surface area contributed by atoms with E-state index in [1.807, 2.05) is 11.9 Å². The van der Waals surface area contributed by atoms with Crippen LogP contribution in [0.4, 0.5) is 0 Å². The summed E-state index contributed by atoms with van der Waals surface area (Å²) in [5.74, 6) is 0.142. The fraction of sp³-hybridized carbons (Fsp3) is 0.667. The van der Waals surface area contributed by atoms with Crippen molar-refractivity contribution < 1.29 is 9.53 Å². The lowest BCUT2D eigenvalue weighted by atomic mass is 10.0. The van der Waals surface area contributed by atoms with Crippen LogP contribution in [0.5, 0.6) is 0 Å². The van der Waals surface area contributed by atoms with Gasteiger partial charge in [0.15, 0.2) is 0 Å². The molecule has 1 N–H and O–H groups in total. The maximum Gasteiger partial charge on any atom is 0.229 e. The van der Waals surface area contributed by atoms with E-state index in [1.165, 1.54) is 4.88 Å². The van der Waals surface area contributed by atoms with Crippen LogP contribution in [0.1, 0.15) is 18.7 Å². The molecule has 5 heteroatoms. The van der Waals surface area contributed by atoms with Gasteiger partial charge in [-0.25, -0.2) is 0 Å². The molecule has 20 heavy (non-hydrogen) atoms. The van der Waals surface area contributed by atoms with Gasteiger partial charge in [0.1, 0.15) is 0 Å². The number of rotatable bonds is 6. The highest BCUT2D eigenvalue weighted by Gasteiger charge is 2.36. The minimum absolute atomic E-state index is 0.0502. The van der Waals surface area contributed by atoms with Gasteiger partial charge in [0.05, 0.1) is 19.1 Å². The van der Waals surface area contributed by atoms with E-state index < -0.39 is 0 Å². The Morgan fingerprint density at radius 1 is 1.60 bits per heavy atom. The molecular weight excluding hydrogens is 272 g/mol. The van der Waals surface area contributed by atoms with E-state index in [2.05, 4.69) is 36.7 Å². The van der Waals surface area contributed by atoms with Crippen LogP contribution in [0.15, 0.2) is 17.5 Å². The van der Waals surface area contributed by atoms with Crippen molar-refractivity contribution in [3.05, 3.63) is 22.4 Å². The smallest absolute Gasteiger partial charge is 0.229 e. The molecular formula is C15H24N2O2S. The molecule has 1 saturated heterocycles. The van der Waals surface area contributed by atoms with Crippen molar-refractivity contribution in [1.82, 2.24) is 10.2 Å². The molecule has 1 aliphatic heterocycles. The summed E-state index contributed by atoms with van der Waals surface area (Å²) < 4.78 is 5.47. The summed E-state index contributed by atoms with van der Waals surface area (Å²) in [6.45, 7) is 6.20. The normalized spacial score (nSPS) is 23.8. The lowest BCUT2D eigenvalue weighted by Crippen LogP contribution is -2.47. The zero-order chi connectivity index (χ0) is 14.5. The monoisotopic (exact) mass is 296 g/mol. The highest BCUT2D eigenvalue weighted by molar-refractivity contribution is 7.09. The largest absolute Gasteiger partial charge is 0.379 e. The Hall–Kier alpha value is -0.910. The Morgan fingerprint density at radius 2 is 2.40 bits per heavy atom. The summed E-state index contributed by atoms with van der Waals surface area (Å²) in [6, 6.07) is 4.55. The average Bonchev–Trinajstić information content (AvgIpc) is 3.09. The number of thiophene rings is 1. The third-order valence-corrected chi connectivity index (χ3v) is 4.85. The van der Waals surface area contributed by atoms with Crippen LogP contribution in [0.2, 0.25) is 0 Å². The summed E-state index contributed by atoms with van der Waals surface area (Å²) in [4.78, 5) is 15.8. The van der Waals surface area contributed by atoms with Gasteiger partial charge in [0.25, 0.3) is 0 Å². The van der Waals surface area contributed by atoms with E-state index in [0.29, 0.717) is 13.2 Å². The van der Waals surface area contributed by atoms with Crippen molar-refractivity contribution in [1.29, 1.82) is 0 Å². The molecule has 0 aliphatic carbocycles. The van der Waals surface area contributed by atoms with Crippen LogP contribution in [0, 0.1) is 5.92 Å². The predicted octanol–water partition coefficient (Wildman–Crippen LogP) is 1.76. The van der Waals surface area contributed by atoms with E-state index >= 15 is 0 Å². The van der Waals surface area contributed by atoms with Gasteiger partial charge in [0.2, 0.25) is 5.91 Å². The number of ether oxygens (including phenoxy) is 1. The van der Waals surface area contributed by atoms with E-state index in [1.54, 1.807) is 11.3 Å². The summed E-state index contributed by atoms with van der Waals surface area (Å²) >= 11 is 1.75. The second-order valence-electron chi connectivity index (χ2n) is 5.39. The Morgan fingerprint density at radius 3 is 3.05 bits per heavy atom. The molecule has 1 aromatic rings. The van der Waals surface area contributed by atoms with Crippen LogP contribution in [-0.4, -0.2) is 49.7 Å². The van der Waals surface area contributed by atoms with E-state index in [0.717, 1.165) is 13.0 Å². The molecule has 3 unspecified atom stereocenters. The molecule has 0 aromatic carbocycles. The number of hydrogen-bond donors (Lipinski definition) is 1. The van der Waals surface area contributed by atoms with Crippen molar-refractivity contribution in [3.8, 4) is 0 Å². The van der Waals surface area contributed by atoms with E-state index in [4.69, 9.17) is 4.74 Å². The second kappa shape index (κ2) is 7.20. The zero-order valence-corrected chi connectivity index (χ0v) is 13.3. The van der Waals surface area contributed by atoms with Gasteiger partial charge in [-0.3, -0.25) is 4.79 Å². The van der Waals surface area contributed by atoms with Crippen molar-refractivity contribution >= 4 is 17.2 Å². The molecule has 0 radical (unpaired) electrons. The molecule has 0 bridgehead atoms. The Bertz CT molecular complexity index is 422. The molecule has 1 aliphatic rings. The third kappa shape index (κ3) is 3.59. The average molecular weight is 296 g/mol. The number of nitrogens with one attached hydrogen (secondary N) is 1. The zero-order valence-electron chi connectivity index (χ0n) is 12.5. The lowest BCUT2D eigenvalue weighted by molar-refractivity contribution is -0.136. The molecule has 1 aromatic heterocycles. The topological polar surface area (TPSA) is 41.6 Å². The quantitative estimate of drug-likeness (QED) is 0.870. The van der Waals surface area contributed by atoms with Gasteiger partial charge in [-0.05, 0) is 24.9 Å². The number of carbonyl (C=O) groups is 1. The van der Waals surface area contributed by atoms with Crippen LogP contribution < -0.4 is 5.32 Å². The SMILES string of the molecule is CCNC1COCC1C(=O)N(C)C(C)Cc1cccs1. The number of carbonyl (C=O) groups excluding carboxylic acids is 1. The van der Waals surface area contributed by atoms with Crippen LogP contribution >= 0.6 is 11.3 Å². The summed E-state index contributed by atoms with van der Waals surface area (Å²) in [7, 11) is 1.90. The van der Waals surface area contributed by atoms with Crippen molar-refractivity contribution in [2.45, 2.75) is 32.4 Å². The number of amides is 1. The van der Waals surface area contributed by atoms with E-state index in [9.17, 15) is 4.79 Å². The fourth-order valence-corrected chi connectivity index (χ4v) is 3.42. The minimum atomic E-state index is -0.0502. The molecule has 112 valence electrons. The number of hydrogen-bond acceptors (Lipinski definition) is 4. The maximum absolute atomic E-state index is 12.6. The molecule has 3 atom stereocenters. The third-order valence-electron chi connectivity index (χ3n) is 3.95. The van der Waals surface area contributed by atoms with Gasteiger partial charge < -0.3 is 15.0 Å². The van der Waals surface area contributed by atoms with Crippen molar-refractivity contribution in [2.75, 3.05) is 26.8 Å². The highest BCUT2D eigenvalue weighted by atomic mass is 32.1. The summed E-state index contributed by atoms with van der Waals surface area (Å²) in [6.07, 6.45) is 0.916. The Labute approximate surface area is 125 Å². The van der Waals surface area contributed by atoms with Crippen LogP contribution in [-0.2, 0) is 16.0 Å². The first-order valence-corrected chi connectivity index (χ1v) is 8.11. The van der Waals surface area contributed by atoms with Crippen LogP contribution in [0.3, 0.4) is 0 Å². The Balaban J connectivity index is 1.93. The molecule has 2 rings (SSSR count). The van der Waals surface area contributed by atoms with Crippen molar-refractivity contribution in [2.24, 2.45) is 5.92 Å². The molecule has 2 heterocycles. The first-order valence-electron chi connectivity index (χ1n) is 7.23. The van der Waals surface area contributed by atoms with Crippen LogP contribution in [0.25, 0.3) is 0 Å². The van der Waals surface area contributed by atoms with Gasteiger partial charge in [-0.1, -0.05) is 13.0 Å². The van der Waals surface area contributed by atoms with Gasteiger partial charge in [-0.15, -0.1) is 11.3 Å². The molecule has 1 fully saturated rings. The number of likely N-dealkylation sites (N-methyl/N-ethyl adjacent to an activating group) is 2. The maximum atomic E-state index is 12.6. The molecule has 0 spiro atoms. The lowest BCUT2D eigenvalue weighted by Gasteiger charge is -2.29. The molecule has 1 amide bonds. The minimum Gasteiger partial charge on any atom is -0.379 e. The standard InChI is InChI=1S/C15H24N2O2S/c1-4-16-14-10-19-9-13(14)15(18)17(3)11(2)8-12-6-5-7-20-12/h5-7,11,13-14,16H,4,8-10H2,1-3H3. The first kappa shape index (κ1) is 15.5. The van der Waals surface area contributed by atoms with E-state index in [-0.39, 0.29) is 23.9 Å².